The lowest BCUT2D eigenvalue weighted by Crippen LogP contribution is -2.55. The first-order valence-electron chi connectivity index (χ1n) is 21.1. The first kappa shape index (κ1) is 42.0. The number of nitrogens with zero attached hydrogens (tertiary/aromatic N) is 4. The van der Waals surface area contributed by atoms with E-state index in [-0.39, 0.29) is 30.0 Å². The monoisotopic (exact) mass is 836 g/mol. The summed E-state index contributed by atoms with van der Waals surface area (Å²) in [5, 5.41) is 19.1. The van der Waals surface area contributed by atoms with E-state index in [1.54, 1.807) is 18.0 Å². The first-order valence-corrected chi connectivity index (χ1v) is 21.1. The molecule has 0 saturated carbocycles. The van der Waals surface area contributed by atoms with Gasteiger partial charge in [0.2, 0.25) is 5.91 Å². The number of aromatic amines is 2. The summed E-state index contributed by atoms with van der Waals surface area (Å²) < 4.78 is 21.6. The van der Waals surface area contributed by atoms with Crippen molar-refractivity contribution >= 4 is 39.9 Å². The van der Waals surface area contributed by atoms with Crippen LogP contribution in [0.2, 0.25) is 0 Å². The number of imidazole rings is 2. The molecule has 16 heteroatoms. The van der Waals surface area contributed by atoms with Crippen molar-refractivity contribution in [2.75, 3.05) is 27.9 Å². The molecule has 0 spiro atoms. The number of alkyl carbamates (subject to hydrolysis) is 2. The molecule has 3 aliphatic heterocycles. The van der Waals surface area contributed by atoms with Crippen LogP contribution < -0.4 is 15.4 Å². The maximum Gasteiger partial charge on any atom is 0.407 e. The molecular formula is C45H56N8O8. The van der Waals surface area contributed by atoms with Gasteiger partial charge in [-0.3, -0.25) is 9.69 Å². The van der Waals surface area contributed by atoms with Gasteiger partial charge in [0.25, 0.3) is 0 Å². The third-order valence-corrected chi connectivity index (χ3v) is 12.8. The van der Waals surface area contributed by atoms with Crippen LogP contribution >= 0.6 is 0 Å². The van der Waals surface area contributed by atoms with Gasteiger partial charge in [-0.05, 0) is 91.3 Å². The average molecular weight is 837 g/mol. The summed E-state index contributed by atoms with van der Waals surface area (Å²) >= 11 is 0. The number of methoxy groups -OCH3 is 3. The molecule has 16 nitrogen and oxygen atoms in total. The summed E-state index contributed by atoms with van der Waals surface area (Å²) in [5.74, 6) is 2.25. The van der Waals surface area contributed by atoms with Crippen molar-refractivity contribution in [1.29, 1.82) is 0 Å². The van der Waals surface area contributed by atoms with Crippen molar-refractivity contribution in [1.82, 2.24) is 40.4 Å². The lowest BCUT2D eigenvalue weighted by Gasteiger charge is -2.35. The molecule has 5 N–H and O–H groups in total. The van der Waals surface area contributed by atoms with E-state index in [1.165, 1.54) is 21.3 Å². The van der Waals surface area contributed by atoms with Crippen LogP contribution in [0, 0.1) is 11.8 Å². The molecular weight excluding hydrogens is 781 g/mol. The Bertz CT molecular complexity index is 2450. The predicted octanol–water partition coefficient (Wildman–Crippen LogP) is 6.56. The van der Waals surface area contributed by atoms with E-state index in [9.17, 15) is 19.5 Å². The van der Waals surface area contributed by atoms with E-state index >= 15 is 0 Å². The molecule has 3 amide bonds. The van der Waals surface area contributed by atoms with E-state index in [0.717, 1.165) is 80.6 Å². The van der Waals surface area contributed by atoms with Gasteiger partial charge in [-0.25, -0.2) is 19.6 Å². The fourth-order valence-electron chi connectivity index (χ4n) is 9.40. The maximum atomic E-state index is 13.9. The Kier molecular flexibility index (Phi) is 11.7. The van der Waals surface area contributed by atoms with Crippen molar-refractivity contribution in [2.24, 2.45) is 11.8 Å². The molecule has 2 fully saturated rings. The fraction of sp³-hybridized carbons (Fsp3) is 0.489. The van der Waals surface area contributed by atoms with E-state index in [4.69, 9.17) is 28.9 Å². The summed E-state index contributed by atoms with van der Waals surface area (Å²) in [6, 6.07) is 12.7. The zero-order valence-electron chi connectivity index (χ0n) is 35.9. The minimum absolute atomic E-state index is 0.0358. The normalized spacial score (nSPS) is 22.0. The number of aliphatic hydroxyl groups is 1. The van der Waals surface area contributed by atoms with Gasteiger partial charge in [0.15, 0.2) is 0 Å². The second-order valence-corrected chi connectivity index (χ2v) is 17.1. The number of carbonyl (C=O) groups excluding carboxylic acids is 3. The Morgan fingerprint density at radius 3 is 2.43 bits per heavy atom. The molecule has 8 atom stereocenters. The minimum Gasteiger partial charge on any atom is -0.488 e. The number of likely N-dealkylation sites (tertiary alicyclic amines) is 2. The van der Waals surface area contributed by atoms with Crippen LogP contribution in [-0.4, -0.2) is 111 Å². The highest BCUT2D eigenvalue weighted by molar-refractivity contribution is 6.07. The average Bonchev–Trinajstić information content (AvgIpc) is 4.08. The SMILES string of the molecule is COC(=O)N[C@@H](C(C)C)C(O)N1C[C@@H](C)C[C@H]1c1nc2ccc3cc4c(cc3c2[nH]1)OCc1cc(-c2cnc([C@@H]3CC[C@H](C)N3C(=O)[C@@H](NC(=O)OC)[C@@H](C)OC)[nH]2)ccc1-4. The van der Waals surface area contributed by atoms with Crippen LogP contribution in [0.25, 0.3) is 44.2 Å². The number of nitrogens with one attached hydrogen (secondary N) is 4. The van der Waals surface area contributed by atoms with E-state index in [1.807, 2.05) is 31.7 Å². The second kappa shape index (κ2) is 17.0. The molecule has 61 heavy (non-hydrogen) atoms. The number of hydrogen-bond donors (Lipinski definition) is 5. The molecule has 3 aliphatic rings. The fourth-order valence-corrected chi connectivity index (χ4v) is 9.40. The molecule has 2 aromatic heterocycles. The quantitative estimate of drug-likeness (QED) is 0.0967. The van der Waals surface area contributed by atoms with Gasteiger partial charge in [0, 0.05) is 30.6 Å². The Morgan fingerprint density at radius 1 is 0.918 bits per heavy atom. The highest BCUT2D eigenvalue weighted by Gasteiger charge is 2.43. The zero-order valence-corrected chi connectivity index (χ0v) is 35.9. The van der Waals surface area contributed by atoms with Crippen LogP contribution in [0.4, 0.5) is 9.59 Å². The summed E-state index contributed by atoms with van der Waals surface area (Å²) in [5.41, 5.74) is 6.61. The number of aliphatic hydroxyl groups excluding tert-OH is 1. The topological polar surface area (TPSA) is 196 Å². The molecule has 1 unspecified atom stereocenters. The molecule has 3 aromatic carbocycles. The van der Waals surface area contributed by atoms with Gasteiger partial charge in [-0.15, -0.1) is 0 Å². The lowest BCUT2D eigenvalue weighted by molar-refractivity contribution is -0.139. The number of aromatic nitrogens is 4. The minimum atomic E-state index is -0.936. The molecule has 324 valence electrons. The van der Waals surface area contributed by atoms with E-state index in [0.29, 0.717) is 24.9 Å². The molecule has 0 aliphatic carbocycles. The number of hydrogen-bond acceptors (Lipinski definition) is 11. The van der Waals surface area contributed by atoms with Gasteiger partial charge < -0.3 is 49.6 Å². The number of amides is 3. The number of carbonyl (C=O) groups is 3. The standard InChI is InChI=1S/C45H56N8O8/c1-22(2)37(50-44(56)59-7)42(54)52-20-23(3)15-35(52)41-47-32-13-11-26-17-31-29-12-10-27(16-28(29)21-61-36(31)18-30(26)39(32)49-41)33-19-46-40(48-33)34-14-9-24(4)53(34)43(55)38(25(5)58-6)51-45(57)60-8/h10-13,16-19,22-25,34-35,37-38,42,54H,9,14-15,20-21H2,1-8H3,(H,46,48)(H,47,49)(H,50,56)(H,51,57)/t23-,24-,25+,34-,35-,37-,38-,42?/m0/s1. The summed E-state index contributed by atoms with van der Waals surface area (Å²) in [6.45, 7) is 10.9. The highest BCUT2D eigenvalue weighted by Crippen LogP contribution is 2.44. The smallest absolute Gasteiger partial charge is 0.407 e. The van der Waals surface area contributed by atoms with Gasteiger partial charge in [-0.1, -0.05) is 39.0 Å². The second-order valence-electron chi connectivity index (χ2n) is 17.1. The van der Waals surface area contributed by atoms with Crippen LogP contribution in [0.3, 0.4) is 0 Å². The third-order valence-electron chi connectivity index (χ3n) is 12.8. The molecule has 5 aromatic rings. The van der Waals surface area contributed by atoms with Crippen molar-refractivity contribution in [3.8, 4) is 28.1 Å². The van der Waals surface area contributed by atoms with Crippen LogP contribution in [0.5, 0.6) is 5.75 Å². The van der Waals surface area contributed by atoms with Gasteiger partial charge >= 0.3 is 12.2 Å². The Morgan fingerprint density at radius 2 is 1.69 bits per heavy atom. The van der Waals surface area contributed by atoms with Gasteiger partial charge in [0.05, 0.1) is 61.4 Å². The third kappa shape index (κ3) is 7.88. The van der Waals surface area contributed by atoms with Crippen molar-refractivity contribution in [2.45, 2.75) is 103 Å². The number of fused-ring (bicyclic) bond motifs is 6. The van der Waals surface area contributed by atoms with Gasteiger partial charge in [0.1, 0.15) is 36.3 Å². The number of H-pyrrole nitrogens is 2. The molecule has 0 radical (unpaired) electrons. The van der Waals surface area contributed by atoms with Crippen LogP contribution in [0.1, 0.15) is 83.2 Å². The highest BCUT2D eigenvalue weighted by atomic mass is 16.5. The zero-order chi connectivity index (χ0) is 43.3. The Labute approximate surface area is 354 Å². The first-order chi connectivity index (χ1) is 29.3. The van der Waals surface area contributed by atoms with Crippen molar-refractivity contribution < 1.29 is 38.4 Å². The molecule has 0 bridgehead atoms. The Balaban J connectivity index is 1.04. The van der Waals surface area contributed by atoms with Crippen molar-refractivity contribution in [3.05, 3.63) is 65.9 Å². The predicted molar refractivity (Wildman–Crippen MR) is 228 cm³/mol. The lowest BCUT2D eigenvalue weighted by atomic mass is 9.92. The van der Waals surface area contributed by atoms with Crippen LogP contribution in [0.15, 0.2) is 48.7 Å². The van der Waals surface area contributed by atoms with Gasteiger partial charge in [-0.2, -0.15) is 0 Å². The Hall–Kier alpha value is -5.71. The maximum absolute atomic E-state index is 13.9. The van der Waals surface area contributed by atoms with E-state index in [2.05, 4.69) is 63.9 Å². The van der Waals surface area contributed by atoms with Crippen LogP contribution in [-0.2, 0) is 25.6 Å². The molecule has 8 rings (SSSR count). The summed E-state index contributed by atoms with van der Waals surface area (Å²) in [7, 11) is 4.09. The number of benzene rings is 3. The van der Waals surface area contributed by atoms with Crippen molar-refractivity contribution in [3.63, 3.8) is 0 Å². The summed E-state index contributed by atoms with van der Waals surface area (Å²) in [4.78, 5) is 59.0. The number of ether oxygens (including phenoxy) is 4. The summed E-state index contributed by atoms with van der Waals surface area (Å²) in [6.07, 6.45) is 1.32. The molecule has 2 saturated heterocycles. The van der Waals surface area contributed by atoms with E-state index < -0.39 is 36.6 Å². The largest absolute Gasteiger partial charge is 0.488 e. The number of rotatable bonds is 11. The molecule has 5 heterocycles.